The minimum absolute atomic E-state index is 0.0100. The zero-order chi connectivity index (χ0) is 80.2. The first kappa shape index (κ1) is 96.2. The Bertz CT molecular complexity index is 3410. The molecule has 5 amide bonds. The van der Waals surface area contributed by atoms with Gasteiger partial charge in [0.05, 0.1) is 58.5 Å². The molecule has 590 valence electrons. The van der Waals surface area contributed by atoms with Crippen LogP contribution in [0.1, 0.15) is 164 Å². The lowest BCUT2D eigenvalue weighted by molar-refractivity contribution is -0.150. The van der Waals surface area contributed by atoms with Gasteiger partial charge in [0.15, 0.2) is 0 Å². The predicted molar refractivity (Wildman–Crippen MR) is 427 cm³/mol. The van der Waals surface area contributed by atoms with Gasteiger partial charge in [0.2, 0.25) is 29.5 Å². The molecule has 107 heavy (non-hydrogen) atoms. The minimum atomic E-state index is -0.678. The number of hydrogen-bond acceptors (Lipinski definition) is 16. The molecular formula is C85H122ClN5O15S. The molecule has 0 saturated carbocycles. The largest absolute Gasteiger partial charge is 0.464 e. The van der Waals surface area contributed by atoms with Crippen molar-refractivity contribution in [3.05, 3.63) is 190 Å². The molecule has 0 saturated heterocycles. The van der Waals surface area contributed by atoms with Crippen LogP contribution in [0.15, 0.2) is 157 Å². The summed E-state index contributed by atoms with van der Waals surface area (Å²) in [6.45, 7) is 32.9. The van der Waals surface area contributed by atoms with Crippen molar-refractivity contribution in [1.82, 2.24) is 26.6 Å². The number of benzene rings is 5. The van der Waals surface area contributed by atoms with Gasteiger partial charge in [0, 0.05) is 5.02 Å². The molecule has 0 aliphatic heterocycles. The lowest BCUT2D eigenvalue weighted by Gasteiger charge is -2.21. The van der Waals surface area contributed by atoms with E-state index in [-0.39, 0.29) is 116 Å². The fourth-order valence-electron chi connectivity index (χ4n) is 9.16. The fourth-order valence-corrected chi connectivity index (χ4v) is 9.84. The molecule has 0 bridgehead atoms. The zero-order valence-corrected chi connectivity index (χ0v) is 67.9. The van der Waals surface area contributed by atoms with Crippen LogP contribution < -0.4 is 26.6 Å². The number of esters is 5. The summed E-state index contributed by atoms with van der Waals surface area (Å²) in [6.07, 6.45) is 7.68. The number of nitrogens with one attached hydrogen (secondary N) is 5. The maximum absolute atomic E-state index is 12.2. The van der Waals surface area contributed by atoms with E-state index >= 15 is 0 Å². The van der Waals surface area contributed by atoms with Gasteiger partial charge in [-0.25, -0.2) is 24.0 Å². The third kappa shape index (κ3) is 48.2. The van der Waals surface area contributed by atoms with Gasteiger partial charge in [0.25, 0.3) is 0 Å². The first-order chi connectivity index (χ1) is 50.7. The lowest BCUT2D eigenvalue weighted by Crippen LogP contribution is -2.46. The van der Waals surface area contributed by atoms with Crippen molar-refractivity contribution in [2.75, 3.05) is 45.0 Å². The second-order valence-electron chi connectivity index (χ2n) is 28.3. The van der Waals surface area contributed by atoms with Crippen LogP contribution in [-0.2, 0) is 104 Å². The van der Waals surface area contributed by atoms with Gasteiger partial charge in [-0.05, 0) is 134 Å². The molecule has 5 rings (SSSR count). The molecule has 0 aromatic heterocycles. The summed E-state index contributed by atoms with van der Waals surface area (Å²) in [4.78, 5) is 120. The Morgan fingerprint density at radius 2 is 0.766 bits per heavy atom. The number of ether oxygens (including phenoxy) is 5. The zero-order valence-electron chi connectivity index (χ0n) is 66.3. The fraction of sp³-hybridized carbons (Fsp3) is 0.506. The highest BCUT2D eigenvalue weighted by Crippen LogP contribution is 2.14. The number of rotatable bonds is 38. The topological polar surface area (TPSA) is 277 Å². The Morgan fingerprint density at radius 1 is 0.402 bits per heavy atom. The summed E-state index contributed by atoms with van der Waals surface area (Å²) >= 11 is 7.50. The molecule has 5 N–H and O–H groups in total. The number of allylic oxidation sites excluding steroid dienone is 1. The van der Waals surface area contributed by atoms with E-state index in [4.69, 9.17) is 35.3 Å². The average Bonchev–Trinajstić information content (AvgIpc) is 0.914. The number of hydrogen-bond donors (Lipinski definition) is 5. The maximum Gasteiger partial charge on any atom is 0.328 e. The molecule has 20 nitrogen and oxygen atoms in total. The molecular weight excluding hydrogens is 1400 g/mol. The van der Waals surface area contributed by atoms with Crippen molar-refractivity contribution in [1.29, 1.82) is 0 Å². The summed E-state index contributed by atoms with van der Waals surface area (Å²) in [6, 6.07) is 42.0. The summed E-state index contributed by atoms with van der Waals surface area (Å²) in [7, 11) is 0. The third-order valence-corrected chi connectivity index (χ3v) is 16.1. The second-order valence-corrected chi connectivity index (χ2v) is 29.8. The van der Waals surface area contributed by atoms with E-state index < -0.39 is 36.2 Å². The van der Waals surface area contributed by atoms with Gasteiger partial charge in [-0.15, -0.1) is 0 Å². The molecule has 0 aliphatic rings. The number of halogens is 1. The molecule has 0 heterocycles. The van der Waals surface area contributed by atoms with Gasteiger partial charge in [-0.2, -0.15) is 11.8 Å². The molecule has 0 fully saturated rings. The van der Waals surface area contributed by atoms with Gasteiger partial charge in [0.1, 0.15) is 36.8 Å². The number of thioether (sulfide) groups is 1. The SMILES string of the molecule is CC(C)=CCOC(=O)[C@H](C)NC(=O)Cc1cccc(Cl)c1.CC(C)COC(=O)[C@H](CC(C)C)NC(=O)Cc1ccccc1.CCC(C)COC(=O)[C@@H](NC(=O)Cc1ccccc1)C(C)C.CCC(NC(=O)Cc1ccccc1)C(=O)OCC(C)C.CSCC[C@H](NC(=O)Cc1ccccc1)C(=O)OCC(C)C. The summed E-state index contributed by atoms with van der Waals surface area (Å²) in [5, 5.41) is 14.3. The molecule has 2 unspecified atom stereocenters. The van der Waals surface area contributed by atoms with Gasteiger partial charge in [-0.1, -0.05) is 247 Å². The molecule has 0 aliphatic carbocycles. The van der Waals surface area contributed by atoms with Crippen LogP contribution in [0.2, 0.25) is 5.02 Å². The Hall–Kier alpha value is -8.82. The van der Waals surface area contributed by atoms with Crippen LogP contribution in [0.25, 0.3) is 0 Å². The normalized spacial score (nSPS) is 12.3. The number of amides is 5. The highest BCUT2D eigenvalue weighted by atomic mass is 35.5. The standard InChI is InChI=1S/2C18H27NO3.C17H25NO3S.C16H20ClNO3.C16H23NO3/c1-13(2)10-16(18(21)22-12-14(3)4)19-17(20)11-15-8-6-5-7-9-15;1-5-14(4)12-22-18(21)17(13(2)3)19-16(20)11-15-9-7-6-8-10-15;1-13(2)12-21-17(20)15(9-10-22-3)18-16(19)11-14-7-5-4-6-8-14;1-11(2)7-8-21-16(20)12(3)18-15(19)10-13-5-4-6-14(17)9-13;1-4-14(16(19)20-11-12(2)3)17-15(18)10-13-8-6-5-7-9-13/h5-9,13-14,16H,10-12H2,1-4H3,(H,19,20);6-10,13-14,17H,5,11-12H2,1-4H3,(H,19,20);4-8,13,15H,9-12H2,1-3H3,(H,18,19);4-7,9,12H,8,10H2,1-3H3,(H,18,19);5-9,12,14H,4,10-11H2,1-3H3,(H,17,18)/t16-;14?,17-;15-;12-;/m0000./s1. The van der Waals surface area contributed by atoms with Crippen molar-refractivity contribution in [2.45, 2.75) is 199 Å². The van der Waals surface area contributed by atoms with E-state index in [1.54, 1.807) is 43.0 Å². The maximum atomic E-state index is 12.2. The first-order valence-corrected chi connectivity index (χ1v) is 38.8. The monoisotopic (exact) mass is 1520 g/mol. The molecule has 0 spiro atoms. The average molecular weight is 1520 g/mol. The molecule has 0 radical (unpaired) electrons. The van der Waals surface area contributed by atoms with Gasteiger partial charge >= 0.3 is 29.8 Å². The second kappa shape index (κ2) is 56.5. The van der Waals surface area contributed by atoms with E-state index in [2.05, 4.69) is 33.5 Å². The Balaban J connectivity index is 0.000000669. The summed E-state index contributed by atoms with van der Waals surface area (Å²) in [5.74, 6) is -0.456. The van der Waals surface area contributed by atoms with Crippen LogP contribution in [-0.4, -0.2) is 135 Å². The van der Waals surface area contributed by atoms with Crippen LogP contribution in [0.5, 0.6) is 0 Å². The Labute approximate surface area is 646 Å². The number of carbonyl (C=O) groups excluding carboxylic acids is 10. The minimum Gasteiger partial charge on any atom is -0.464 e. The van der Waals surface area contributed by atoms with Crippen LogP contribution in [0.3, 0.4) is 0 Å². The lowest BCUT2D eigenvalue weighted by atomic mass is 10.0. The highest BCUT2D eigenvalue weighted by Gasteiger charge is 2.28. The Kier molecular flexibility index (Phi) is 50.8. The van der Waals surface area contributed by atoms with Crippen molar-refractivity contribution >= 4 is 82.7 Å². The van der Waals surface area contributed by atoms with Crippen LogP contribution >= 0.6 is 23.4 Å². The van der Waals surface area contributed by atoms with Gasteiger partial charge < -0.3 is 50.3 Å². The highest BCUT2D eigenvalue weighted by molar-refractivity contribution is 7.98. The van der Waals surface area contributed by atoms with E-state index in [0.29, 0.717) is 62.5 Å². The summed E-state index contributed by atoms with van der Waals surface area (Å²) < 4.78 is 26.0. The van der Waals surface area contributed by atoms with E-state index in [1.807, 2.05) is 231 Å². The van der Waals surface area contributed by atoms with Crippen LogP contribution in [0.4, 0.5) is 0 Å². The van der Waals surface area contributed by atoms with Crippen molar-refractivity contribution in [3.63, 3.8) is 0 Å². The Morgan fingerprint density at radius 3 is 1.14 bits per heavy atom. The van der Waals surface area contributed by atoms with Crippen molar-refractivity contribution < 1.29 is 71.6 Å². The molecule has 22 heteroatoms. The van der Waals surface area contributed by atoms with Crippen LogP contribution in [0, 0.1) is 35.5 Å². The summed E-state index contributed by atoms with van der Waals surface area (Å²) in [5.41, 5.74) is 5.58. The molecule has 6 atom stereocenters. The first-order valence-electron chi connectivity index (χ1n) is 37.1. The van der Waals surface area contributed by atoms with Crippen molar-refractivity contribution in [3.8, 4) is 0 Å². The van der Waals surface area contributed by atoms with E-state index in [9.17, 15) is 47.9 Å². The molecule has 5 aromatic rings. The predicted octanol–water partition coefficient (Wildman–Crippen LogP) is 13.8. The molecule has 5 aromatic carbocycles. The van der Waals surface area contributed by atoms with E-state index in [0.717, 1.165) is 45.6 Å². The quantitative estimate of drug-likeness (QED) is 0.0140. The van der Waals surface area contributed by atoms with Gasteiger partial charge in [-0.3, -0.25) is 24.0 Å². The number of carbonyl (C=O) groups is 10. The van der Waals surface area contributed by atoms with E-state index in [1.165, 1.54) is 0 Å². The van der Waals surface area contributed by atoms with Crippen molar-refractivity contribution in [2.24, 2.45) is 35.5 Å². The smallest absolute Gasteiger partial charge is 0.328 e. The third-order valence-electron chi connectivity index (χ3n) is 15.2.